The maximum atomic E-state index is 10.8. The van der Waals surface area contributed by atoms with E-state index in [0.717, 1.165) is 31.7 Å². The summed E-state index contributed by atoms with van der Waals surface area (Å²) in [4.78, 5) is 15.1. The molecule has 0 radical (unpaired) electrons. The predicted molar refractivity (Wildman–Crippen MR) is 74.0 cm³/mol. The Bertz CT molecular complexity index is 444. The molecule has 0 saturated carbocycles. The summed E-state index contributed by atoms with van der Waals surface area (Å²) < 4.78 is 0. The van der Waals surface area contributed by atoms with E-state index < -0.39 is 0 Å². The first-order chi connectivity index (χ1) is 9.11. The van der Waals surface area contributed by atoms with Crippen LogP contribution < -0.4 is 5.73 Å². The summed E-state index contributed by atoms with van der Waals surface area (Å²) in [6.07, 6.45) is 0. The number of likely N-dealkylation sites (N-methyl/N-ethyl adjacent to an activating group) is 1. The molecule has 1 aromatic carbocycles. The van der Waals surface area contributed by atoms with Crippen LogP contribution in [0.25, 0.3) is 0 Å². The number of nitro groups is 1. The molecule has 2 rings (SSSR count). The van der Waals surface area contributed by atoms with E-state index in [1.165, 1.54) is 6.07 Å². The predicted octanol–water partition coefficient (Wildman–Crippen LogP) is 0.842. The molecule has 0 aromatic heterocycles. The van der Waals surface area contributed by atoms with Gasteiger partial charge in [0.25, 0.3) is 5.69 Å². The summed E-state index contributed by atoms with van der Waals surface area (Å²) in [5.74, 6) is 0. The van der Waals surface area contributed by atoms with E-state index in [1.54, 1.807) is 12.1 Å². The Morgan fingerprint density at radius 3 is 2.63 bits per heavy atom. The van der Waals surface area contributed by atoms with Gasteiger partial charge in [-0.2, -0.15) is 0 Å². The third-order valence-corrected chi connectivity index (χ3v) is 3.67. The maximum absolute atomic E-state index is 10.8. The van der Waals surface area contributed by atoms with Crippen molar-refractivity contribution in [3.63, 3.8) is 0 Å². The quantitative estimate of drug-likeness (QED) is 0.644. The first-order valence-corrected chi connectivity index (χ1v) is 6.49. The number of piperazine rings is 1. The lowest BCUT2D eigenvalue weighted by Crippen LogP contribution is -2.47. The number of nitro benzene ring substituents is 1. The van der Waals surface area contributed by atoms with Crippen molar-refractivity contribution in [3.05, 3.63) is 39.9 Å². The Balaban J connectivity index is 2.17. The van der Waals surface area contributed by atoms with Crippen molar-refractivity contribution in [2.24, 2.45) is 5.73 Å². The molecule has 0 spiro atoms. The zero-order valence-corrected chi connectivity index (χ0v) is 11.2. The monoisotopic (exact) mass is 264 g/mol. The van der Waals surface area contributed by atoms with Crippen LogP contribution in [0.5, 0.6) is 0 Å². The van der Waals surface area contributed by atoms with E-state index in [1.807, 2.05) is 6.07 Å². The number of nitrogens with zero attached hydrogens (tertiary/aromatic N) is 3. The largest absolute Gasteiger partial charge is 0.329 e. The van der Waals surface area contributed by atoms with Crippen LogP contribution in [0, 0.1) is 10.1 Å². The number of nitrogens with two attached hydrogens (primary N) is 1. The molecule has 1 aliphatic heterocycles. The van der Waals surface area contributed by atoms with Crippen LogP contribution in [0.1, 0.15) is 11.6 Å². The second kappa shape index (κ2) is 6.10. The summed E-state index contributed by atoms with van der Waals surface area (Å²) in [6, 6.07) is 6.86. The van der Waals surface area contributed by atoms with Gasteiger partial charge in [0, 0.05) is 50.9 Å². The van der Waals surface area contributed by atoms with Crippen LogP contribution in [-0.2, 0) is 0 Å². The van der Waals surface area contributed by atoms with E-state index >= 15 is 0 Å². The van der Waals surface area contributed by atoms with Gasteiger partial charge in [-0.3, -0.25) is 15.0 Å². The van der Waals surface area contributed by atoms with Crippen molar-refractivity contribution in [2.75, 3.05) is 39.8 Å². The first-order valence-electron chi connectivity index (χ1n) is 6.49. The van der Waals surface area contributed by atoms with Gasteiger partial charge < -0.3 is 10.6 Å². The lowest BCUT2D eigenvalue weighted by atomic mass is 10.0. The molecule has 1 aromatic rings. The Morgan fingerprint density at radius 1 is 1.37 bits per heavy atom. The number of benzene rings is 1. The molecule has 1 aliphatic rings. The van der Waals surface area contributed by atoms with Crippen molar-refractivity contribution < 1.29 is 4.92 Å². The standard InChI is InChI=1S/C13H20N4O2/c1-15-5-7-16(8-6-15)13(10-14)11-3-2-4-12(9-11)17(18)19/h2-4,9,13H,5-8,10,14H2,1H3. The zero-order chi connectivity index (χ0) is 13.8. The van der Waals surface area contributed by atoms with E-state index in [9.17, 15) is 10.1 Å². The Labute approximate surface area is 112 Å². The minimum Gasteiger partial charge on any atom is -0.329 e. The molecule has 19 heavy (non-hydrogen) atoms. The number of hydrogen-bond acceptors (Lipinski definition) is 5. The van der Waals surface area contributed by atoms with Crippen molar-refractivity contribution in [3.8, 4) is 0 Å². The molecule has 1 fully saturated rings. The highest BCUT2D eigenvalue weighted by atomic mass is 16.6. The van der Waals surface area contributed by atoms with E-state index in [-0.39, 0.29) is 16.7 Å². The Morgan fingerprint density at radius 2 is 2.05 bits per heavy atom. The zero-order valence-electron chi connectivity index (χ0n) is 11.2. The highest BCUT2D eigenvalue weighted by Gasteiger charge is 2.23. The molecule has 0 amide bonds. The molecular formula is C13H20N4O2. The topological polar surface area (TPSA) is 75.6 Å². The highest BCUT2D eigenvalue weighted by molar-refractivity contribution is 5.36. The average molecular weight is 264 g/mol. The van der Waals surface area contributed by atoms with Gasteiger partial charge in [-0.15, -0.1) is 0 Å². The third-order valence-electron chi connectivity index (χ3n) is 3.67. The van der Waals surface area contributed by atoms with Crippen molar-refractivity contribution in [2.45, 2.75) is 6.04 Å². The minimum atomic E-state index is -0.360. The normalized spacial score (nSPS) is 19.3. The maximum Gasteiger partial charge on any atom is 0.269 e. The third kappa shape index (κ3) is 3.28. The Kier molecular flexibility index (Phi) is 4.47. The second-order valence-electron chi connectivity index (χ2n) is 4.94. The molecule has 104 valence electrons. The minimum absolute atomic E-state index is 0.0635. The summed E-state index contributed by atoms with van der Waals surface area (Å²) >= 11 is 0. The van der Waals surface area contributed by atoms with Gasteiger partial charge in [0.2, 0.25) is 0 Å². The van der Waals surface area contributed by atoms with Gasteiger partial charge in [-0.1, -0.05) is 12.1 Å². The molecule has 6 heteroatoms. The second-order valence-corrected chi connectivity index (χ2v) is 4.94. The molecule has 1 unspecified atom stereocenters. The van der Waals surface area contributed by atoms with Gasteiger partial charge in [-0.05, 0) is 12.6 Å². The lowest BCUT2D eigenvalue weighted by molar-refractivity contribution is -0.385. The first kappa shape index (κ1) is 13.9. The van der Waals surface area contributed by atoms with Crippen LogP contribution in [0.2, 0.25) is 0 Å². The lowest BCUT2D eigenvalue weighted by Gasteiger charge is -2.37. The number of non-ortho nitro benzene ring substituents is 1. The van der Waals surface area contributed by atoms with E-state index in [4.69, 9.17) is 5.73 Å². The van der Waals surface area contributed by atoms with Crippen molar-refractivity contribution in [1.29, 1.82) is 0 Å². The summed E-state index contributed by atoms with van der Waals surface area (Å²) in [7, 11) is 2.10. The van der Waals surface area contributed by atoms with Crippen LogP contribution in [0.4, 0.5) is 5.69 Å². The fourth-order valence-electron chi connectivity index (χ4n) is 2.48. The van der Waals surface area contributed by atoms with E-state index in [0.29, 0.717) is 6.54 Å². The van der Waals surface area contributed by atoms with Crippen LogP contribution in [0.15, 0.2) is 24.3 Å². The fraction of sp³-hybridized carbons (Fsp3) is 0.538. The van der Waals surface area contributed by atoms with Crippen LogP contribution >= 0.6 is 0 Å². The molecule has 1 heterocycles. The highest BCUT2D eigenvalue weighted by Crippen LogP contribution is 2.24. The average Bonchev–Trinajstić information content (AvgIpc) is 2.42. The Hall–Kier alpha value is -1.50. The number of hydrogen-bond donors (Lipinski definition) is 1. The fourth-order valence-corrected chi connectivity index (χ4v) is 2.48. The van der Waals surface area contributed by atoms with Crippen molar-refractivity contribution in [1.82, 2.24) is 9.80 Å². The van der Waals surface area contributed by atoms with Crippen LogP contribution in [-0.4, -0.2) is 54.5 Å². The summed E-state index contributed by atoms with van der Waals surface area (Å²) in [6.45, 7) is 4.38. The van der Waals surface area contributed by atoms with Gasteiger partial charge in [0.1, 0.15) is 0 Å². The van der Waals surface area contributed by atoms with Gasteiger partial charge in [-0.25, -0.2) is 0 Å². The molecule has 6 nitrogen and oxygen atoms in total. The van der Waals surface area contributed by atoms with E-state index in [2.05, 4.69) is 16.8 Å². The summed E-state index contributed by atoms with van der Waals surface area (Å²) in [5, 5.41) is 10.8. The SMILES string of the molecule is CN1CCN(C(CN)c2cccc([N+](=O)[O-])c2)CC1. The molecular weight excluding hydrogens is 244 g/mol. The van der Waals surface area contributed by atoms with Gasteiger partial charge in [0.15, 0.2) is 0 Å². The molecule has 2 N–H and O–H groups in total. The van der Waals surface area contributed by atoms with Gasteiger partial charge in [0.05, 0.1) is 4.92 Å². The van der Waals surface area contributed by atoms with Crippen LogP contribution in [0.3, 0.4) is 0 Å². The van der Waals surface area contributed by atoms with Gasteiger partial charge >= 0.3 is 0 Å². The number of rotatable bonds is 4. The molecule has 1 atom stereocenters. The van der Waals surface area contributed by atoms with Crippen molar-refractivity contribution >= 4 is 5.69 Å². The molecule has 0 bridgehead atoms. The molecule has 1 saturated heterocycles. The summed E-state index contributed by atoms with van der Waals surface area (Å²) in [5.41, 5.74) is 6.93. The smallest absolute Gasteiger partial charge is 0.269 e. The molecule has 0 aliphatic carbocycles.